The molecule has 1 saturated heterocycles. The minimum atomic E-state index is 0.614. The third kappa shape index (κ3) is 3.34. The molecule has 0 atom stereocenters. The SMILES string of the molecule is Cc1cc(C)n(-c2cc(N3CCN(c4nc(C5CC5)ns4)CC3)nc(C)n2)n1. The lowest BCUT2D eigenvalue weighted by Crippen LogP contribution is -2.47. The lowest BCUT2D eigenvalue weighted by Gasteiger charge is -2.35. The Morgan fingerprint density at radius 2 is 1.61 bits per heavy atom. The van der Waals surface area contributed by atoms with Gasteiger partial charge in [-0.2, -0.15) is 9.47 Å². The van der Waals surface area contributed by atoms with Gasteiger partial charge in [0.05, 0.1) is 5.69 Å². The Kier molecular flexibility index (Phi) is 4.26. The zero-order valence-electron chi connectivity index (χ0n) is 16.5. The van der Waals surface area contributed by atoms with Crippen LogP contribution < -0.4 is 9.80 Å². The fourth-order valence-corrected chi connectivity index (χ4v) is 4.45. The molecule has 0 spiro atoms. The van der Waals surface area contributed by atoms with E-state index < -0.39 is 0 Å². The van der Waals surface area contributed by atoms with Gasteiger partial charge >= 0.3 is 0 Å². The van der Waals surface area contributed by atoms with Crippen molar-refractivity contribution in [1.29, 1.82) is 0 Å². The number of aryl methyl sites for hydroxylation is 3. The van der Waals surface area contributed by atoms with Crippen molar-refractivity contribution in [3.05, 3.63) is 35.2 Å². The summed E-state index contributed by atoms with van der Waals surface area (Å²) in [7, 11) is 0. The van der Waals surface area contributed by atoms with Crippen molar-refractivity contribution in [3.63, 3.8) is 0 Å². The van der Waals surface area contributed by atoms with Crippen molar-refractivity contribution in [2.24, 2.45) is 0 Å². The molecule has 0 N–H and O–H groups in total. The molecule has 2 aliphatic rings. The topological polar surface area (TPSA) is 75.9 Å². The predicted molar refractivity (Wildman–Crippen MR) is 110 cm³/mol. The summed E-state index contributed by atoms with van der Waals surface area (Å²) >= 11 is 1.54. The van der Waals surface area contributed by atoms with Crippen LogP contribution in [0.5, 0.6) is 0 Å². The lowest BCUT2D eigenvalue weighted by molar-refractivity contribution is 0.642. The molecule has 0 aromatic carbocycles. The summed E-state index contributed by atoms with van der Waals surface area (Å²) < 4.78 is 6.44. The molecule has 9 heteroatoms. The summed E-state index contributed by atoms with van der Waals surface area (Å²) in [4.78, 5) is 18.7. The summed E-state index contributed by atoms with van der Waals surface area (Å²) in [6, 6.07) is 4.10. The smallest absolute Gasteiger partial charge is 0.205 e. The number of nitrogens with zero attached hydrogens (tertiary/aromatic N) is 8. The molecular weight excluding hydrogens is 372 g/mol. The van der Waals surface area contributed by atoms with Crippen molar-refractivity contribution < 1.29 is 0 Å². The van der Waals surface area contributed by atoms with E-state index in [1.807, 2.05) is 31.5 Å². The molecule has 1 saturated carbocycles. The molecule has 1 aliphatic heterocycles. The third-order valence-electron chi connectivity index (χ3n) is 5.29. The fourth-order valence-electron chi connectivity index (χ4n) is 3.66. The van der Waals surface area contributed by atoms with Crippen molar-refractivity contribution in [1.82, 2.24) is 29.1 Å². The van der Waals surface area contributed by atoms with Crippen LogP contribution >= 0.6 is 11.5 Å². The van der Waals surface area contributed by atoms with E-state index in [9.17, 15) is 0 Å². The minimum absolute atomic E-state index is 0.614. The van der Waals surface area contributed by atoms with E-state index in [-0.39, 0.29) is 0 Å². The number of aromatic nitrogens is 6. The zero-order valence-corrected chi connectivity index (χ0v) is 17.3. The molecule has 4 heterocycles. The van der Waals surface area contributed by atoms with Gasteiger partial charge in [-0.25, -0.2) is 19.6 Å². The maximum atomic E-state index is 4.75. The first-order valence-electron chi connectivity index (χ1n) is 9.79. The van der Waals surface area contributed by atoms with Gasteiger partial charge in [-0.1, -0.05) is 0 Å². The van der Waals surface area contributed by atoms with Crippen molar-refractivity contribution in [3.8, 4) is 5.82 Å². The van der Waals surface area contributed by atoms with E-state index in [1.54, 1.807) is 0 Å². The van der Waals surface area contributed by atoms with Gasteiger partial charge in [0.15, 0.2) is 5.82 Å². The molecule has 28 heavy (non-hydrogen) atoms. The van der Waals surface area contributed by atoms with E-state index in [2.05, 4.69) is 35.3 Å². The molecule has 3 aromatic heterocycles. The van der Waals surface area contributed by atoms with Crippen LogP contribution in [0.25, 0.3) is 5.82 Å². The molecule has 8 nitrogen and oxygen atoms in total. The molecule has 3 aromatic rings. The number of rotatable bonds is 4. The van der Waals surface area contributed by atoms with Gasteiger partial charge in [-0.3, -0.25) is 0 Å². The van der Waals surface area contributed by atoms with Crippen molar-refractivity contribution in [2.45, 2.75) is 39.5 Å². The molecular formula is C19H24N8S. The second-order valence-electron chi connectivity index (χ2n) is 7.65. The van der Waals surface area contributed by atoms with Crippen LogP contribution in [-0.4, -0.2) is 55.3 Å². The molecule has 1 aliphatic carbocycles. The Labute approximate surface area is 168 Å². The normalized spacial score (nSPS) is 17.4. The molecule has 5 rings (SSSR count). The van der Waals surface area contributed by atoms with Crippen molar-refractivity contribution >= 4 is 22.5 Å². The van der Waals surface area contributed by atoms with E-state index in [0.29, 0.717) is 5.92 Å². The highest BCUT2D eigenvalue weighted by molar-refractivity contribution is 7.09. The van der Waals surface area contributed by atoms with Gasteiger partial charge in [0, 0.05) is 55.4 Å². The van der Waals surface area contributed by atoms with E-state index in [1.165, 1.54) is 24.4 Å². The molecule has 0 radical (unpaired) electrons. The largest absolute Gasteiger partial charge is 0.353 e. The molecule has 0 unspecified atom stereocenters. The van der Waals surface area contributed by atoms with Gasteiger partial charge < -0.3 is 9.80 Å². The van der Waals surface area contributed by atoms with Gasteiger partial charge in [0.25, 0.3) is 0 Å². The van der Waals surface area contributed by atoms with Crippen molar-refractivity contribution in [2.75, 3.05) is 36.0 Å². The first-order valence-corrected chi connectivity index (χ1v) is 10.6. The first kappa shape index (κ1) is 17.5. The quantitative estimate of drug-likeness (QED) is 0.671. The summed E-state index contributed by atoms with van der Waals surface area (Å²) in [5, 5.41) is 5.63. The highest BCUT2D eigenvalue weighted by Gasteiger charge is 2.29. The first-order chi connectivity index (χ1) is 13.6. The Morgan fingerprint density at radius 3 is 2.29 bits per heavy atom. The van der Waals surface area contributed by atoms with Crippen LogP contribution in [0, 0.1) is 20.8 Å². The van der Waals surface area contributed by atoms with Crippen LogP contribution in [0.4, 0.5) is 10.9 Å². The minimum Gasteiger partial charge on any atom is -0.353 e. The second-order valence-corrected chi connectivity index (χ2v) is 8.38. The number of hydrogen-bond donors (Lipinski definition) is 0. The van der Waals surface area contributed by atoms with Gasteiger partial charge in [0.1, 0.15) is 17.5 Å². The highest BCUT2D eigenvalue weighted by atomic mass is 32.1. The maximum absolute atomic E-state index is 4.75. The standard InChI is InChI=1S/C19H24N8S/c1-12-10-13(2)27(23-12)17-11-16(20-14(3)21-17)25-6-8-26(9-7-25)19-22-18(24-28-19)15-4-5-15/h10-11,15H,4-9H2,1-3H3. The second kappa shape index (κ2) is 6.80. The van der Waals surface area contributed by atoms with Crippen LogP contribution in [0.15, 0.2) is 12.1 Å². The van der Waals surface area contributed by atoms with Crippen LogP contribution in [-0.2, 0) is 0 Å². The summed E-state index contributed by atoms with van der Waals surface area (Å²) in [5.74, 6) is 4.21. The van der Waals surface area contributed by atoms with Gasteiger partial charge in [-0.05, 0) is 39.7 Å². The van der Waals surface area contributed by atoms with Crippen LogP contribution in [0.2, 0.25) is 0 Å². The van der Waals surface area contributed by atoms with E-state index in [0.717, 1.165) is 66.0 Å². The average Bonchev–Trinajstić information content (AvgIpc) is 3.31. The number of piperazine rings is 1. The lowest BCUT2D eigenvalue weighted by atomic mass is 10.3. The Balaban J connectivity index is 1.32. The summed E-state index contributed by atoms with van der Waals surface area (Å²) in [6.07, 6.45) is 2.49. The molecule has 0 bridgehead atoms. The Hall–Kier alpha value is -2.55. The van der Waals surface area contributed by atoms with Gasteiger partial charge in [-0.15, -0.1) is 0 Å². The summed E-state index contributed by atoms with van der Waals surface area (Å²) in [6.45, 7) is 9.66. The maximum Gasteiger partial charge on any atom is 0.205 e. The highest BCUT2D eigenvalue weighted by Crippen LogP contribution is 2.39. The van der Waals surface area contributed by atoms with Crippen LogP contribution in [0.1, 0.15) is 41.8 Å². The van der Waals surface area contributed by atoms with Gasteiger partial charge in [0.2, 0.25) is 5.13 Å². The average molecular weight is 397 g/mol. The zero-order chi connectivity index (χ0) is 19.3. The molecule has 2 fully saturated rings. The molecule has 0 amide bonds. The number of anilines is 2. The Bertz CT molecular complexity index is 997. The summed E-state index contributed by atoms with van der Waals surface area (Å²) in [5.41, 5.74) is 2.07. The van der Waals surface area contributed by atoms with E-state index in [4.69, 9.17) is 4.98 Å². The third-order valence-corrected chi connectivity index (χ3v) is 6.08. The van der Waals surface area contributed by atoms with E-state index >= 15 is 0 Å². The fraction of sp³-hybridized carbons (Fsp3) is 0.526. The number of hydrogen-bond acceptors (Lipinski definition) is 8. The Morgan fingerprint density at radius 1 is 0.893 bits per heavy atom. The van der Waals surface area contributed by atoms with Crippen LogP contribution in [0.3, 0.4) is 0 Å². The monoisotopic (exact) mass is 396 g/mol. The predicted octanol–water partition coefficient (Wildman–Crippen LogP) is 2.64. The molecule has 146 valence electrons.